The normalized spacial score (nSPS) is 16.5. The maximum absolute atomic E-state index is 12.5. The van der Waals surface area contributed by atoms with E-state index in [1.807, 2.05) is 0 Å². The third-order valence-corrected chi connectivity index (χ3v) is 4.90. The van der Waals surface area contributed by atoms with Gasteiger partial charge in [-0.25, -0.2) is 0 Å². The fraction of sp³-hybridized carbons (Fsp3) is 0.421. The predicted molar refractivity (Wildman–Crippen MR) is 105 cm³/mol. The highest BCUT2D eigenvalue weighted by Crippen LogP contribution is 2.22. The van der Waals surface area contributed by atoms with E-state index in [0.717, 1.165) is 0 Å². The molecule has 1 saturated heterocycles. The molecule has 30 heavy (non-hydrogen) atoms. The number of ether oxygens (including phenoxy) is 1. The molecule has 0 saturated carbocycles. The van der Waals surface area contributed by atoms with Crippen LogP contribution in [0.25, 0.3) is 0 Å². The topological polar surface area (TPSA) is 142 Å². The Morgan fingerprint density at radius 1 is 1.37 bits per heavy atom. The van der Waals surface area contributed by atoms with Gasteiger partial charge < -0.3 is 30.2 Å². The molecule has 0 bridgehead atoms. The SMILES string of the molecule is COc1ccc(C(=O)NCC(=O)N2CCC[C@H]2C(=O)N[C@H](C=O)CC(=O)O)c(Cl)c1. The van der Waals surface area contributed by atoms with Gasteiger partial charge in [0.05, 0.1) is 36.7 Å². The average molecular weight is 440 g/mol. The molecule has 11 heteroatoms. The Hall–Kier alpha value is -3.14. The molecule has 1 aromatic rings. The average Bonchev–Trinajstić information content (AvgIpc) is 3.20. The Morgan fingerprint density at radius 2 is 2.10 bits per heavy atom. The Morgan fingerprint density at radius 3 is 2.70 bits per heavy atom. The molecule has 2 rings (SSSR count). The van der Waals surface area contributed by atoms with Gasteiger partial charge in [0.2, 0.25) is 11.8 Å². The molecule has 0 radical (unpaired) electrons. The highest BCUT2D eigenvalue weighted by molar-refractivity contribution is 6.34. The van der Waals surface area contributed by atoms with Crippen molar-refractivity contribution in [1.82, 2.24) is 15.5 Å². The number of nitrogens with one attached hydrogen (secondary N) is 2. The molecule has 0 unspecified atom stereocenters. The summed E-state index contributed by atoms with van der Waals surface area (Å²) in [6, 6.07) is 2.48. The molecule has 10 nitrogen and oxygen atoms in total. The summed E-state index contributed by atoms with van der Waals surface area (Å²) in [7, 11) is 1.46. The second-order valence-corrected chi connectivity index (χ2v) is 7.03. The summed E-state index contributed by atoms with van der Waals surface area (Å²) in [6.45, 7) is -0.0437. The quantitative estimate of drug-likeness (QED) is 0.467. The van der Waals surface area contributed by atoms with Crippen LogP contribution < -0.4 is 15.4 Å². The van der Waals surface area contributed by atoms with Crippen molar-refractivity contribution < 1.29 is 33.8 Å². The first-order chi connectivity index (χ1) is 14.3. The molecular formula is C19H22ClN3O7. The van der Waals surface area contributed by atoms with E-state index in [1.165, 1.54) is 24.1 Å². The summed E-state index contributed by atoms with van der Waals surface area (Å²) in [6.07, 6.45) is 0.724. The van der Waals surface area contributed by atoms with Crippen LogP contribution in [-0.2, 0) is 19.2 Å². The number of hydrogen-bond acceptors (Lipinski definition) is 6. The molecule has 162 valence electrons. The number of carboxylic acid groups (broad SMARTS) is 1. The first-order valence-corrected chi connectivity index (χ1v) is 9.53. The molecule has 1 aliphatic rings. The molecule has 1 aliphatic heterocycles. The van der Waals surface area contributed by atoms with Gasteiger partial charge in [-0.2, -0.15) is 0 Å². The second kappa shape index (κ2) is 10.6. The number of aliphatic carboxylic acids is 1. The van der Waals surface area contributed by atoms with Gasteiger partial charge in [0, 0.05) is 6.54 Å². The van der Waals surface area contributed by atoms with E-state index in [1.54, 1.807) is 6.07 Å². The van der Waals surface area contributed by atoms with Crippen molar-refractivity contribution >= 4 is 41.6 Å². The number of likely N-dealkylation sites (tertiary alicyclic amines) is 1. The van der Waals surface area contributed by atoms with Crippen molar-refractivity contribution in [2.24, 2.45) is 0 Å². The van der Waals surface area contributed by atoms with Crippen molar-refractivity contribution in [2.45, 2.75) is 31.3 Å². The van der Waals surface area contributed by atoms with E-state index in [0.29, 0.717) is 31.4 Å². The smallest absolute Gasteiger partial charge is 0.305 e. The maximum atomic E-state index is 12.5. The van der Waals surface area contributed by atoms with Crippen LogP contribution in [0.2, 0.25) is 5.02 Å². The van der Waals surface area contributed by atoms with Gasteiger partial charge in [-0.3, -0.25) is 19.2 Å². The molecule has 2 atom stereocenters. The molecule has 1 aromatic carbocycles. The van der Waals surface area contributed by atoms with E-state index in [9.17, 15) is 24.0 Å². The molecule has 3 N–H and O–H groups in total. The molecule has 0 aromatic heterocycles. The van der Waals surface area contributed by atoms with Crippen molar-refractivity contribution in [3.8, 4) is 5.75 Å². The third-order valence-electron chi connectivity index (χ3n) is 4.58. The van der Waals surface area contributed by atoms with E-state index in [2.05, 4.69) is 10.6 Å². The van der Waals surface area contributed by atoms with Crippen molar-refractivity contribution in [2.75, 3.05) is 20.2 Å². The first kappa shape index (κ1) is 23.1. The number of rotatable bonds is 9. The first-order valence-electron chi connectivity index (χ1n) is 9.15. The summed E-state index contributed by atoms with van der Waals surface area (Å²) in [5.74, 6) is -2.39. The molecule has 0 aliphatic carbocycles. The van der Waals surface area contributed by atoms with Crippen LogP contribution >= 0.6 is 11.6 Å². The lowest BCUT2D eigenvalue weighted by atomic mass is 10.1. The number of amides is 3. The van der Waals surface area contributed by atoms with Crippen molar-refractivity contribution in [1.29, 1.82) is 0 Å². The van der Waals surface area contributed by atoms with Crippen LogP contribution in [-0.4, -0.2) is 72.3 Å². The van der Waals surface area contributed by atoms with Crippen LogP contribution in [0.3, 0.4) is 0 Å². The minimum Gasteiger partial charge on any atom is -0.497 e. The zero-order chi connectivity index (χ0) is 22.3. The fourth-order valence-corrected chi connectivity index (χ4v) is 3.35. The summed E-state index contributed by atoms with van der Waals surface area (Å²) < 4.78 is 5.02. The molecule has 3 amide bonds. The number of carboxylic acids is 1. The summed E-state index contributed by atoms with van der Waals surface area (Å²) >= 11 is 6.05. The fourth-order valence-electron chi connectivity index (χ4n) is 3.10. The minimum absolute atomic E-state index is 0.163. The number of hydrogen-bond donors (Lipinski definition) is 3. The lowest BCUT2D eigenvalue weighted by molar-refractivity contribution is -0.140. The Bertz CT molecular complexity index is 845. The van der Waals surface area contributed by atoms with Crippen LogP contribution in [0.5, 0.6) is 5.75 Å². The lowest BCUT2D eigenvalue weighted by Crippen LogP contribution is -2.51. The number of carbonyl (C=O) groups is 5. The number of benzene rings is 1. The highest BCUT2D eigenvalue weighted by atomic mass is 35.5. The number of carbonyl (C=O) groups excluding carboxylic acids is 4. The van der Waals surface area contributed by atoms with Gasteiger partial charge >= 0.3 is 5.97 Å². The standard InChI is InChI=1S/C19H22ClN3O7/c1-30-12-4-5-13(14(20)8-12)18(28)21-9-16(25)23-6-2-3-15(23)19(29)22-11(10-24)7-17(26)27/h4-5,8,10-11,15H,2-3,6-7,9H2,1H3,(H,21,28)(H,22,29)(H,26,27)/t11-,15-/m0/s1. The zero-order valence-corrected chi connectivity index (χ0v) is 17.0. The predicted octanol–water partition coefficient (Wildman–Crippen LogP) is 0.228. The molecule has 0 spiro atoms. The summed E-state index contributed by atoms with van der Waals surface area (Å²) in [5.41, 5.74) is 0.170. The van der Waals surface area contributed by atoms with E-state index >= 15 is 0 Å². The van der Waals surface area contributed by atoms with Crippen LogP contribution in [0, 0.1) is 0 Å². The van der Waals surface area contributed by atoms with Crippen LogP contribution in [0.15, 0.2) is 18.2 Å². The van der Waals surface area contributed by atoms with Gasteiger partial charge in [0.1, 0.15) is 18.1 Å². The van der Waals surface area contributed by atoms with Crippen LogP contribution in [0.4, 0.5) is 0 Å². The van der Waals surface area contributed by atoms with Gasteiger partial charge in [-0.05, 0) is 31.0 Å². The van der Waals surface area contributed by atoms with Crippen molar-refractivity contribution in [3.05, 3.63) is 28.8 Å². The van der Waals surface area contributed by atoms with Gasteiger partial charge in [-0.1, -0.05) is 11.6 Å². The summed E-state index contributed by atoms with van der Waals surface area (Å²) in [4.78, 5) is 60.2. The molecule has 1 heterocycles. The maximum Gasteiger partial charge on any atom is 0.305 e. The third kappa shape index (κ3) is 5.93. The monoisotopic (exact) mass is 439 g/mol. The number of aldehydes is 1. The molecule has 1 fully saturated rings. The Balaban J connectivity index is 1.95. The highest BCUT2D eigenvalue weighted by Gasteiger charge is 2.35. The number of methoxy groups -OCH3 is 1. The zero-order valence-electron chi connectivity index (χ0n) is 16.2. The Kier molecular flexibility index (Phi) is 8.16. The van der Waals surface area contributed by atoms with E-state index in [-0.39, 0.29) is 17.1 Å². The summed E-state index contributed by atoms with van der Waals surface area (Å²) in [5, 5.41) is 13.7. The number of nitrogens with zero attached hydrogens (tertiary/aromatic N) is 1. The van der Waals surface area contributed by atoms with Crippen LogP contribution in [0.1, 0.15) is 29.6 Å². The lowest BCUT2D eigenvalue weighted by Gasteiger charge is -2.25. The molecular weight excluding hydrogens is 418 g/mol. The second-order valence-electron chi connectivity index (χ2n) is 6.62. The van der Waals surface area contributed by atoms with E-state index < -0.39 is 42.2 Å². The van der Waals surface area contributed by atoms with E-state index in [4.69, 9.17) is 21.4 Å². The van der Waals surface area contributed by atoms with Crippen molar-refractivity contribution in [3.63, 3.8) is 0 Å². The van der Waals surface area contributed by atoms with Gasteiger partial charge in [0.25, 0.3) is 5.91 Å². The van der Waals surface area contributed by atoms with Gasteiger partial charge in [-0.15, -0.1) is 0 Å². The number of halogens is 1. The van der Waals surface area contributed by atoms with Gasteiger partial charge in [0.15, 0.2) is 0 Å². The largest absolute Gasteiger partial charge is 0.497 e. The Labute approximate surface area is 177 Å². The minimum atomic E-state index is -1.23.